The molecule has 1 amide bonds. The Labute approximate surface area is 213 Å². The fourth-order valence-electron chi connectivity index (χ4n) is 2.95. The van der Waals surface area contributed by atoms with Crippen LogP contribution in [0.2, 0.25) is 15.1 Å². The number of carbonyl (C=O) groups excluding carboxylic acids is 1. The number of benzene rings is 3. The molecule has 1 atom stereocenters. The Bertz CT molecular complexity index is 1180. The Morgan fingerprint density at radius 2 is 1.74 bits per heavy atom. The molecule has 0 unspecified atom stereocenters. The maximum atomic E-state index is 12.3. The maximum Gasteiger partial charge on any atom is 0.280 e. The van der Waals surface area contributed by atoms with Crippen molar-refractivity contribution >= 4 is 46.9 Å². The summed E-state index contributed by atoms with van der Waals surface area (Å²) in [7, 11) is 1.53. The van der Waals surface area contributed by atoms with Gasteiger partial charge in [0.25, 0.3) is 5.91 Å². The summed E-state index contributed by atoms with van der Waals surface area (Å²) in [5, 5.41) is 5.66. The van der Waals surface area contributed by atoms with Crippen molar-refractivity contribution in [2.24, 2.45) is 5.10 Å². The molecule has 0 aliphatic heterocycles. The van der Waals surface area contributed by atoms with Gasteiger partial charge in [0.15, 0.2) is 17.6 Å². The van der Waals surface area contributed by atoms with E-state index in [4.69, 9.17) is 49.0 Å². The average molecular weight is 522 g/mol. The fraction of sp³-hybridized carbons (Fsp3) is 0.200. The highest BCUT2D eigenvalue weighted by Crippen LogP contribution is 2.31. The summed E-state index contributed by atoms with van der Waals surface area (Å²) < 4.78 is 17.0. The van der Waals surface area contributed by atoms with E-state index in [1.54, 1.807) is 61.5 Å². The minimum Gasteiger partial charge on any atom is -0.493 e. The molecule has 6 nitrogen and oxygen atoms in total. The van der Waals surface area contributed by atoms with Gasteiger partial charge in [0.05, 0.1) is 13.3 Å². The molecule has 0 saturated carbocycles. The molecule has 0 spiro atoms. The summed E-state index contributed by atoms with van der Waals surface area (Å²) in [5.41, 5.74) is 4.69. The van der Waals surface area contributed by atoms with E-state index in [0.717, 1.165) is 5.56 Å². The zero-order valence-corrected chi connectivity index (χ0v) is 21.0. The van der Waals surface area contributed by atoms with Crippen molar-refractivity contribution in [1.82, 2.24) is 5.43 Å². The van der Waals surface area contributed by atoms with Crippen LogP contribution in [0, 0.1) is 6.92 Å². The summed E-state index contributed by atoms with van der Waals surface area (Å²) in [6.45, 7) is 3.68. The quantitative estimate of drug-likeness (QED) is 0.259. The molecule has 0 bridgehead atoms. The van der Waals surface area contributed by atoms with Crippen LogP contribution in [-0.2, 0) is 11.4 Å². The van der Waals surface area contributed by atoms with Gasteiger partial charge >= 0.3 is 0 Å². The Hall–Kier alpha value is -2.93. The molecule has 0 saturated heterocycles. The van der Waals surface area contributed by atoms with Gasteiger partial charge in [-0.3, -0.25) is 4.79 Å². The van der Waals surface area contributed by atoms with E-state index in [1.165, 1.54) is 13.3 Å². The van der Waals surface area contributed by atoms with Gasteiger partial charge in [0.2, 0.25) is 0 Å². The number of nitrogens with one attached hydrogen (secondary N) is 1. The van der Waals surface area contributed by atoms with Gasteiger partial charge in [-0.2, -0.15) is 5.10 Å². The zero-order valence-electron chi connectivity index (χ0n) is 18.8. The SMILES string of the molecule is COc1cc(/C=N\NC(=O)[C@H](C)Oc2ccc(Cl)cc2C)ccc1OCc1c(Cl)cccc1Cl. The fourth-order valence-corrected chi connectivity index (χ4v) is 3.69. The van der Waals surface area contributed by atoms with E-state index in [1.807, 2.05) is 6.92 Å². The van der Waals surface area contributed by atoms with Gasteiger partial charge in [-0.25, -0.2) is 5.43 Å². The predicted molar refractivity (Wildman–Crippen MR) is 136 cm³/mol. The molecule has 3 aromatic rings. The molecule has 9 heteroatoms. The van der Waals surface area contributed by atoms with Crippen LogP contribution in [0.3, 0.4) is 0 Å². The van der Waals surface area contributed by atoms with Gasteiger partial charge in [0, 0.05) is 20.6 Å². The number of hydrazone groups is 1. The van der Waals surface area contributed by atoms with E-state index in [0.29, 0.717) is 43.4 Å². The smallest absolute Gasteiger partial charge is 0.280 e. The molecule has 34 heavy (non-hydrogen) atoms. The number of hydrogen-bond acceptors (Lipinski definition) is 5. The molecule has 0 fully saturated rings. The molecule has 0 aliphatic rings. The van der Waals surface area contributed by atoms with E-state index in [9.17, 15) is 4.79 Å². The number of nitrogens with zero attached hydrogens (tertiary/aromatic N) is 1. The summed E-state index contributed by atoms with van der Waals surface area (Å²) >= 11 is 18.3. The summed E-state index contributed by atoms with van der Waals surface area (Å²) in [6, 6.07) is 15.7. The lowest BCUT2D eigenvalue weighted by Gasteiger charge is -2.15. The van der Waals surface area contributed by atoms with E-state index < -0.39 is 12.0 Å². The molecule has 3 aromatic carbocycles. The third-order valence-electron chi connectivity index (χ3n) is 4.82. The van der Waals surface area contributed by atoms with Gasteiger partial charge in [-0.05, 0) is 73.5 Å². The number of hydrogen-bond donors (Lipinski definition) is 1. The molecule has 3 rings (SSSR count). The number of ether oxygens (including phenoxy) is 3. The molecule has 0 aliphatic carbocycles. The van der Waals surface area contributed by atoms with Crippen LogP contribution in [0.4, 0.5) is 0 Å². The molecule has 0 aromatic heterocycles. The standard InChI is InChI=1S/C25H23Cl3N2O4/c1-15-11-18(26)8-10-22(15)34-16(2)25(31)30-29-13-17-7-9-23(24(12-17)32-3)33-14-19-20(27)5-4-6-21(19)28/h4-13,16H,14H2,1-3H3,(H,30,31)/b29-13-/t16-/m0/s1. The second-order valence-electron chi connectivity index (χ2n) is 7.30. The highest BCUT2D eigenvalue weighted by Gasteiger charge is 2.15. The Balaban J connectivity index is 1.59. The summed E-state index contributed by atoms with van der Waals surface area (Å²) in [6.07, 6.45) is 0.744. The van der Waals surface area contributed by atoms with Crippen LogP contribution >= 0.6 is 34.8 Å². The number of aryl methyl sites for hydroxylation is 1. The van der Waals surface area contributed by atoms with Gasteiger partial charge in [0.1, 0.15) is 12.4 Å². The first-order valence-corrected chi connectivity index (χ1v) is 11.4. The number of amides is 1. The van der Waals surface area contributed by atoms with Crippen molar-refractivity contribution in [2.45, 2.75) is 26.6 Å². The van der Waals surface area contributed by atoms with Crippen LogP contribution in [0.5, 0.6) is 17.2 Å². The molecule has 0 radical (unpaired) electrons. The van der Waals surface area contributed by atoms with E-state index >= 15 is 0 Å². The van der Waals surface area contributed by atoms with Crippen molar-refractivity contribution in [3.05, 3.63) is 86.4 Å². The van der Waals surface area contributed by atoms with Crippen LogP contribution in [-0.4, -0.2) is 25.3 Å². The average Bonchev–Trinajstić information content (AvgIpc) is 2.81. The first-order chi connectivity index (χ1) is 16.3. The van der Waals surface area contributed by atoms with Gasteiger partial charge < -0.3 is 14.2 Å². The van der Waals surface area contributed by atoms with Crippen molar-refractivity contribution < 1.29 is 19.0 Å². The van der Waals surface area contributed by atoms with Gasteiger partial charge in [-0.15, -0.1) is 0 Å². The van der Waals surface area contributed by atoms with E-state index in [-0.39, 0.29) is 6.61 Å². The molecular formula is C25H23Cl3N2O4. The first-order valence-electron chi connectivity index (χ1n) is 10.3. The molecular weight excluding hydrogens is 499 g/mol. The lowest BCUT2D eigenvalue weighted by atomic mass is 10.2. The first kappa shape index (κ1) is 25.7. The molecule has 0 heterocycles. The normalized spacial score (nSPS) is 11.8. The lowest BCUT2D eigenvalue weighted by Crippen LogP contribution is -2.33. The molecule has 1 N–H and O–H groups in total. The van der Waals surface area contributed by atoms with Crippen molar-refractivity contribution in [3.8, 4) is 17.2 Å². The minimum absolute atomic E-state index is 0.184. The third-order valence-corrected chi connectivity index (χ3v) is 5.76. The topological polar surface area (TPSA) is 69.2 Å². The van der Waals surface area contributed by atoms with Crippen LogP contribution in [0.1, 0.15) is 23.6 Å². The number of halogens is 3. The van der Waals surface area contributed by atoms with Crippen LogP contribution in [0.15, 0.2) is 59.7 Å². The lowest BCUT2D eigenvalue weighted by molar-refractivity contribution is -0.127. The second kappa shape index (κ2) is 12.0. The molecule has 178 valence electrons. The largest absolute Gasteiger partial charge is 0.493 e. The van der Waals surface area contributed by atoms with Crippen molar-refractivity contribution in [3.63, 3.8) is 0 Å². The maximum absolute atomic E-state index is 12.3. The highest BCUT2D eigenvalue weighted by atomic mass is 35.5. The predicted octanol–water partition coefficient (Wildman–Crippen LogP) is 6.46. The summed E-state index contributed by atoms with van der Waals surface area (Å²) in [4.78, 5) is 12.3. The number of methoxy groups -OCH3 is 1. The zero-order chi connectivity index (χ0) is 24.7. The Morgan fingerprint density at radius 3 is 2.41 bits per heavy atom. The summed E-state index contributed by atoms with van der Waals surface area (Å²) in [5.74, 6) is 1.19. The highest BCUT2D eigenvalue weighted by molar-refractivity contribution is 6.36. The van der Waals surface area contributed by atoms with Crippen molar-refractivity contribution in [2.75, 3.05) is 7.11 Å². The number of carbonyl (C=O) groups is 1. The second-order valence-corrected chi connectivity index (χ2v) is 8.55. The van der Waals surface area contributed by atoms with Gasteiger partial charge in [-0.1, -0.05) is 40.9 Å². The number of rotatable bonds is 9. The van der Waals surface area contributed by atoms with Crippen molar-refractivity contribution in [1.29, 1.82) is 0 Å². The van der Waals surface area contributed by atoms with Crippen LogP contribution in [0.25, 0.3) is 0 Å². The minimum atomic E-state index is -0.751. The monoisotopic (exact) mass is 520 g/mol. The Morgan fingerprint density at radius 1 is 1.03 bits per heavy atom. The Kier molecular flexibility index (Phi) is 9.05. The van der Waals surface area contributed by atoms with E-state index in [2.05, 4.69) is 10.5 Å². The van der Waals surface area contributed by atoms with Crippen LogP contribution < -0.4 is 19.6 Å². The third kappa shape index (κ3) is 6.79.